The molecule has 0 bridgehead atoms. The van der Waals surface area contributed by atoms with Crippen molar-refractivity contribution in [3.05, 3.63) is 102 Å². The van der Waals surface area contributed by atoms with Gasteiger partial charge in [0.1, 0.15) is 5.69 Å². The number of carbonyl (C=O) groups is 1. The zero-order chi connectivity index (χ0) is 23.7. The van der Waals surface area contributed by atoms with Crippen LogP contribution in [0.25, 0.3) is 16.6 Å². The number of pyridine rings is 1. The van der Waals surface area contributed by atoms with E-state index < -0.39 is 9.84 Å². The van der Waals surface area contributed by atoms with Gasteiger partial charge in [-0.2, -0.15) is 5.10 Å². The molecule has 2 N–H and O–H groups in total. The average Bonchev–Trinajstić information content (AvgIpc) is 3.53. The Labute approximate surface area is 196 Å². The zero-order valence-electron chi connectivity index (χ0n) is 18.3. The first-order valence-corrected chi connectivity index (χ1v) is 12.1. The summed E-state index contributed by atoms with van der Waals surface area (Å²) in [6, 6.07) is 17.0. The molecule has 9 heteroatoms. The van der Waals surface area contributed by atoms with Gasteiger partial charge in [-0.15, -0.1) is 0 Å². The standard InChI is InChI=1S/C25H21N5O3S/c1-17-13-20(30-12-2-10-28-30)5-8-24(17)34(32,33)21-6-3-18(4-7-21)15-27-25(31)23-14-19-16-26-11-9-22(19)29-23/h2-14,16,29H,15H2,1H3,(H,27,31). The van der Waals surface area contributed by atoms with Crippen molar-refractivity contribution in [2.45, 2.75) is 23.3 Å². The summed E-state index contributed by atoms with van der Waals surface area (Å²) < 4.78 is 28.1. The maximum Gasteiger partial charge on any atom is 0.267 e. The van der Waals surface area contributed by atoms with Gasteiger partial charge in [-0.25, -0.2) is 13.1 Å². The Balaban J connectivity index is 1.30. The van der Waals surface area contributed by atoms with Crippen LogP contribution in [0, 0.1) is 6.92 Å². The molecule has 3 heterocycles. The van der Waals surface area contributed by atoms with E-state index in [0.29, 0.717) is 11.3 Å². The van der Waals surface area contributed by atoms with Crippen molar-refractivity contribution in [1.29, 1.82) is 0 Å². The Bertz CT molecular complexity index is 1550. The molecule has 5 aromatic rings. The molecule has 3 aromatic heterocycles. The van der Waals surface area contributed by atoms with Gasteiger partial charge in [-0.3, -0.25) is 9.78 Å². The minimum atomic E-state index is -3.69. The van der Waals surface area contributed by atoms with Gasteiger partial charge >= 0.3 is 0 Å². The van der Waals surface area contributed by atoms with Crippen molar-refractivity contribution < 1.29 is 13.2 Å². The van der Waals surface area contributed by atoms with Gasteiger partial charge in [0.15, 0.2) is 0 Å². The summed E-state index contributed by atoms with van der Waals surface area (Å²) in [6.45, 7) is 2.04. The number of H-pyrrole nitrogens is 1. The van der Waals surface area contributed by atoms with Crippen LogP contribution in [0.15, 0.2) is 95.2 Å². The molecule has 1 amide bonds. The molecule has 0 aliphatic carbocycles. The molecule has 0 fully saturated rings. The van der Waals surface area contributed by atoms with Gasteiger partial charge < -0.3 is 10.3 Å². The largest absolute Gasteiger partial charge is 0.350 e. The lowest BCUT2D eigenvalue weighted by Crippen LogP contribution is -2.23. The summed E-state index contributed by atoms with van der Waals surface area (Å²) in [4.78, 5) is 20.0. The van der Waals surface area contributed by atoms with E-state index in [2.05, 4.69) is 20.4 Å². The lowest BCUT2D eigenvalue weighted by Gasteiger charge is -2.11. The summed E-state index contributed by atoms with van der Waals surface area (Å²) in [5.74, 6) is -0.249. The predicted molar refractivity (Wildman–Crippen MR) is 127 cm³/mol. The fourth-order valence-corrected chi connectivity index (χ4v) is 5.26. The van der Waals surface area contributed by atoms with Crippen LogP contribution in [0.5, 0.6) is 0 Å². The SMILES string of the molecule is Cc1cc(-n2cccn2)ccc1S(=O)(=O)c1ccc(CNC(=O)c2cc3cnccc3[nH]2)cc1. The molecule has 8 nitrogen and oxygen atoms in total. The molecule has 0 spiro atoms. The van der Waals surface area contributed by atoms with Gasteiger partial charge in [-0.05, 0) is 66.6 Å². The summed E-state index contributed by atoms with van der Waals surface area (Å²) in [5, 5.41) is 7.88. The zero-order valence-corrected chi connectivity index (χ0v) is 19.1. The first-order chi connectivity index (χ1) is 16.4. The molecular formula is C25H21N5O3S. The Kier molecular flexibility index (Phi) is 5.46. The van der Waals surface area contributed by atoms with Crippen LogP contribution in [0.2, 0.25) is 0 Å². The van der Waals surface area contributed by atoms with Gasteiger partial charge in [0, 0.05) is 42.2 Å². The number of hydrogen-bond acceptors (Lipinski definition) is 5. The highest BCUT2D eigenvalue weighted by molar-refractivity contribution is 7.91. The van der Waals surface area contributed by atoms with Crippen LogP contribution < -0.4 is 5.32 Å². The molecule has 5 rings (SSSR count). The number of aryl methyl sites for hydroxylation is 1. The lowest BCUT2D eigenvalue weighted by atomic mass is 10.2. The van der Waals surface area contributed by atoms with Crippen molar-refractivity contribution in [2.24, 2.45) is 0 Å². The van der Waals surface area contributed by atoms with Crippen LogP contribution in [0.3, 0.4) is 0 Å². The Morgan fingerprint density at radius 2 is 1.88 bits per heavy atom. The van der Waals surface area contributed by atoms with Gasteiger partial charge in [0.2, 0.25) is 9.84 Å². The van der Waals surface area contributed by atoms with Gasteiger partial charge in [-0.1, -0.05) is 12.1 Å². The van der Waals surface area contributed by atoms with Crippen molar-refractivity contribution in [3.63, 3.8) is 0 Å². The molecule has 2 aromatic carbocycles. The fourth-order valence-electron chi connectivity index (χ4n) is 3.78. The van der Waals surface area contributed by atoms with Crippen LogP contribution in [0.1, 0.15) is 21.6 Å². The van der Waals surface area contributed by atoms with Crippen molar-refractivity contribution in [3.8, 4) is 5.69 Å². The van der Waals surface area contributed by atoms with Gasteiger partial charge in [0.25, 0.3) is 5.91 Å². The summed E-state index contributed by atoms with van der Waals surface area (Å²) >= 11 is 0. The fraction of sp³-hybridized carbons (Fsp3) is 0.0800. The van der Waals surface area contributed by atoms with Gasteiger partial charge in [0.05, 0.1) is 15.5 Å². The highest BCUT2D eigenvalue weighted by Crippen LogP contribution is 2.26. The highest BCUT2D eigenvalue weighted by atomic mass is 32.2. The monoisotopic (exact) mass is 471 g/mol. The third-order valence-corrected chi connectivity index (χ3v) is 7.50. The first-order valence-electron chi connectivity index (χ1n) is 10.6. The predicted octanol–water partition coefficient (Wildman–Crippen LogP) is 3.82. The Morgan fingerprint density at radius 3 is 2.59 bits per heavy atom. The second-order valence-electron chi connectivity index (χ2n) is 7.88. The number of nitrogens with one attached hydrogen (secondary N) is 2. The molecule has 0 aliphatic heterocycles. The Hall–Kier alpha value is -4.24. The van der Waals surface area contributed by atoms with E-state index in [0.717, 1.165) is 22.2 Å². The molecule has 34 heavy (non-hydrogen) atoms. The lowest BCUT2D eigenvalue weighted by molar-refractivity contribution is 0.0946. The number of nitrogens with zero attached hydrogens (tertiary/aromatic N) is 3. The molecule has 170 valence electrons. The quantitative estimate of drug-likeness (QED) is 0.391. The number of hydrogen-bond donors (Lipinski definition) is 2. The number of benzene rings is 2. The van der Waals surface area contributed by atoms with E-state index in [9.17, 15) is 13.2 Å². The number of rotatable bonds is 6. The average molecular weight is 472 g/mol. The molecular weight excluding hydrogens is 450 g/mol. The normalized spacial score (nSPS) is 11.6. The topological polar surface area (TPSA) is 110 Å². The second kappa shape index (κ2) is 8.60. The summed E-state index contributed by atoms with van der Waals surface area (Å²) in [5.41, 5.74) is 3.49. The molecule has 0 unspecified atom stereocenters. The third kappa shape index (κ3) is 4.08. The minimum Gasteiger partial charge on any atom is -0.350 e. The number of aromatic nitrogens is 4. The van der Waals surface area contributed by atoms with Crippen molar-refractivity contribution in [2.75, 3.05) is 0 Å². The number of amides is 1. The highest BCUT2D eigenvalue weighted by Gasteiger charge is 2.20. The maximum absolute atomic E-state index is 13.2. The van der Waals surface area contributed by atoms with Crippen LogP contribution in [-0.2, 0) is 16.4 Å². The molecule has 0 saturated heterocycles. The number of carbonyl (C=O) groups excluding carboxylic acids is 1. The van der Waals surface area contributed by atoms with E-state index in [-0.39, 0.29) is 22.2 Å². The van der Waals surface area contributed by atoms with Crippen LogP contribution in [0.4, 0.5) is 0 Å². The molecule has 0 saturated carbocycles. The number of aromatic amines is 1. The van der Waals surface area contributed by atoms with E-state index in [4.69, 9.17) is 0 Å². The number of sulfone groups is 1. The van der Waals surface area contributed by atoms with Crippen LogP contribution in [-0.4, -0.2) is 34.1 Å². The summed E-state index contributed by atoms with van der Waals surface area (Å²) in [7, 11) is -3.69. The maximum atomic E-state index is 13.2. The molecule has 0 aliphatic rings. The van der Waals surface area contributed by atoms with Crippen molar-refractivity contribution in [1.82, 2.24) is 25.1 Å². The summed E-state index contributed by atoms with van der Waals surface area (Å²) in [6.07, 6.45) is 6.82. The number of fused-ring (bicyclic) bond motifs is 1. The van der Waals surface area contributed by atoms with E-state index in [1.807, 2.05) is 6.07 Å². The molecule has 0 radical (unpaired) electrons. The second-order valence-corrected chi connectivity index (χ2v) is 9.79. The first kappa shape index (κ1) is 21.6. The minimum absolute atomic E-state index is 0.195. The van der Waals surface area contributed by atoms with E-state index >= 15 is 0 Å². The Morgan fingerprint density at radius 1 is 1.06 bits per heavy atom. The van der Waals surface area contributed by atoms with Crippen LogP contribution >= 0.6 is 0 Å². The third-order valence-electron chi connectivity index (χ3n) is 5.57. The smallest absolute Gasteiger partial charge is 0.267 e. The van der Waals surface area contributed by atoms with E-state index in [1.54, 1.807) is 91.0 Å². The van der Waals surface area contributed by atoms with Crippen molar-refractivity contribution >= 4 is 26.6 Å². The molecule has 0 atom stereocenters. The van der Waals surface area contributed by atoms with E-state index in [1.165, 1.54) is 0 Å².